The van der Waals surface area contributed by atoms with E-state index in [2.05, 4.69) is 15.9 Å². The van der Waals surface area contributed by atoms with E-state index in [9.17, 15) is 13.2 Å². The predicted molar refractivity (Wildman–Crippen MR) is 106 cm³/mol. The van der Waals surface area contributed by atoms with Crippen LogP contribution in [-0.2, 0) is 10.0 Å². The number of rotatable bonds is 4. The first kappa shape index (κ1) is 18.8. The van der Waals surface area contributed by atoms with Crippen LogP contribution in [0.1, 0.15) is 15.9 Å². The van der Waals surface area contributed by atoms with E-state index in [-0.39, 0.29) is 5.91 Å². The molecule has 1 amide bonds. The fourth-order valence-corrected chi connectivity index (χ4v) is 4.17. The van der Waals surface area contributed by atoms with Crippen molar-refractivity contribution in [3.8, 4) is 0 Å². The molecule has 0 radical (unpaired) electrons. The van der Waals surface area contributed by atoms with E-state index >= 15 is 0 Å². The molecule has 1 heterocycles. The molecule has 2 aromatic rings. The average molecular weight is 435 g/mol. The highest BCUT2D eigenvalue weighted by Crippen LogP contribution is 2.16. The summed E-state index contributed by atoms with van der Waals surface area (Å²) in [6, 6.07) is 16.5. The normalized spacial score (nSPS) is 16.1. The quantitative estimate of drug-likeness (QED) is 0.741. The van der Waals surface area contributed by atoms with Crippen molar-refractivity contribution in [3.63, 3.8) is 0 Å². The van der Waals surface area contributed by atoms with Gasteiger partial charge in [0.15, 0.2) is 0 Å². The van der Waals surface area contributed by atoms with E-state index in [1.54, 1.807) is 23.1 Å². The van der Waals surface area contributed by atoms with Gasteiger partial charge in [-0.05, 0) is 35.9 Å². The molecule has 3 rings (SSSR count). The first-order valence-corrected chi connectivity index (χ1v) is 10.5. The third-order valence-electron chi connectivity index (χ3n) is 4.21. The molecule has 5 nitrogen and oxygen atoms in total. The average Bonchev–Trinajstić information content (AvgIpc) is 2.67. The van der Waals surface area contributed by atoms with Gasteiger partial charge in [0.2, 0.25) is 10.0 Å². The second kappa shape index (κ2) is 8.16. The molecule has 1 saturated heterocycles. The predicted octanol–water partition coefficient (Wildman–Crippen LogP) is 3.21. The number of nitrogens with zero attached hydrogens (tertiary/aromatic N) is 2. The van der Waals surface area contributed by atoms with Crippen LogP contribution in [0.15, 0.2) is 64.5 Å². The summed E-state index contributed by atoms with van der Waals surface area (Å²) in [5.41, 5.74) is 1.44. The number of carbonyl (C=O) groups excluding carboxylic acids is 1. The topological polar surface area (TPSA) is 57.7 Å². The Morgan fingerprint density at radius 1 is 0.923 bits per heavy atom. The van der Waals surface area contributed by atoms with Crippen LogP contribution in [0.25, 0.3) is 6.08 Å². The summed E-state index contributed by atoms with van der Waals surface area (Å²) in [5.74, 6) is -0.0747. The number of piperazine rings is 1. The van der Waals surface area contributed by atoms with Crippen LogP contribution >= 0.6 is 15.9 Å². The maximum atomic E-state index is 12.5. The Morgan fingerprint density at radius 2 is 1.54 bits per heavy atom. The Balaban J connectivity index is 1.61. The van der Waals surface area contributed by atoms with E-state index in [4.69, 9.17) is 0 Å². The number of benzene rings is 2. The molecule has 0 aromatic heterocycles. The number of hydrogen-bond donors (Lipinski definition) is 0. The lowest BCUT2D eigenvalue weighted by Gasteiger charge is -2.33. The lowest BCUT2D eigenvalue weighted by Crippen LogP contribution is -2.50. The van der Waals surface area contributed by atoms with Crippen molar-refractivity contribution in [1.82, 2.24) is 9.21 Å². The lowest BCUT2D eigenvalue weighted by atomic mass is 10.2. The smallest absolute Gasteiger partial charge is 0.253 e. The molecule has 7 heteroatoms. The van der Waals surface area contributed by atoms with Gasteiger partial charge in [0, 0.05) is 41.6 Å². The van der Waals surface area contributed by atoms with Crippen LogP contribution in [0.5, 0.6) is 0 Å². The summed E-state index contributed by atoms with van der Waals surface area (Å²) in [4.78, 5) is 14.2. The molecule has 136 valence electrons. The Labute approximate surface area is 162 Å². The Morgan fingerprint density at radius 3 is 2.15 bits per heavy atom. The third kappa shape index (κ3) is 4.60. The van der Waals surface area contributed by atoms with Crippen LogP contribution in [0.3, 0.4) is 0 Å². The van der Waals surface area contributed by atoms with Gasteiger partial charge in [-0.25, -0.2) is 8.42 Å². The van der Waals surface area contributed by atoms with Gasteiger partial charge < -0.3 is 4.90 Å². The summed E-state index contributed by atoms with van der Waals surface area (Å²) >= 11 is 3.35. The fourth-order valence-electron chi connectivity index (χ4n) is 2.74. The molecule has 0 N–H and O–H groups in total. The van der Waals surface area contributed by atoms with Crippen molar-refractivity contribution in [2.45, 2.75) is 0 Å². The summed E-state index contributed by atoms with van der Waals surface area (Å²) in [6.45, 7) is 1.36. The largest absolute Gasteiger partial charge is 0.336 e. The molecule has 0 bridgehead atoms. The van der Waals surface area contributed by atoms with E-state index in [0.29, 0.717) is 31.7 Å². The van der Waals surface area contributed by atoms with Crippen molar-refractivity contribution >= 4 is 37.9 Å². The van der Waals surface area contributed by atoms with Gasteiger partial charge in [0.25, 0.3) is 5.91 Å². The zero-order valence-electron chi connectivity index (χ0n) is 14.1. The van der Waals surface area contributed by atoms with Gasteiger partial charge in [-0.3, -0.25) is 4.79 Å². The molecule has 0 unspecified atom stereocenters. The Hall–Kier alpha value is -1.96. The van der Waals surface area contributed by atoms with Crippen molar-refractivity contribution in [2.24, 2.45) is 0 Å². The van der Waals surface area contributed by atoms with E-state index in [1.807, 2.05) is 42.5 Å². The number of halogens is 1. The first-order valence-electron chi connectivity index (χ1n) is 8.24. The van der Waals surface area contributed by atoms with Gasteiger partial charge in [0.1, 0.15) is 0 Å². The highest BCUT2D eigenvalue weighted by Gasteiger charge is 2.27. The van der Waals surface area contributed by atoms with Crippen LogP contribution in [-0.4, -0.2) is 49.7 Å². The van der Waals surface area contributed by atoms with Crippen LogP contribution < -0.4 is 0 Å². The highest BCUT2D eigenvalue weighted by atomic mass is 79.9. The highest BCUT2D eigenvalue weighted by molar-refractivity contribution is 9.10. The summed E-state index contributed by atoms with van der Waals surface area (Å²) in [6.07, 6.45) is 1.59. The van der Waals surface area contributed by atoms with E-state index < -0.39 is 10.0 Å². The molecule has 0 spiro atoms. The summed E-state index contributed by atoms with van der Waals surface area (Å²) in [7, 11) is -3.49. The lowest BCUT2D eigenvalue weighted by molar-refractivity contribution is 0.0698. The van der Waals surface area contributed by atoms with Crippen molar-refractivity contribution < 1.29 is 13.2 Å². The molecule has 0 aliphatic carbocycles. The van der Waals surface area contributed by atoms with Crippen molar-refractivity contribution in [3.05, 3.63) is 75.6 Å². The Bertz CT molecular complexity index is 888. The van der Waals surface area contributed by atoms with Gasteiger partial charge in [-0.2, -0.15) is 4.31 Å². The molecular formula is C19H19BrN2O3S. The second-order valence-corrected chi connectivity index (χ2v) is 8.69. The SMILES string of the molecule is O=C(c1ccc(Br)cc1)N1CCN(S(=O)(=O)/C=C/c2ccccc2)CC1. The minimum atomic E-state index is -3.49. The molecule has 0 atom stereocenters. The fraction of sp³-hybridized carbons (Fsp3) is 0.211. The minimum Gasteiger partial charge on any atom is -0.336 e. The summed E-state index contributed by atoms with van der Waals surface area (Å²) in [5, 5.41) is 1.23. The standard InChI is InChI=1S/C19H19BrN2O3S/c20-18-8-6-17(7-9-18)19(23)21-11-13-22(14-12-21)26(24,25)15-10-16-4-2-1-3-5-16/h1-10,15H,11-14H2/b15-10+. The summed E-state index contributed by atoms with van der Waals surface area (Å²) < 4.78 is 27.3. The van der Waals surface area contributed by atoms with E-state index in [1.165, 1.54) is 9.71 Å². The third-order valence-corrected chi connectivity index (χ3v) is 6.30. The molecule has 0 saturated carbocycles. The molecule has 26 heavy (non-hydrogen) atoms. The monoisotopic (exact) mass is 434 g/mol. The van der Waals surface area contributed by atoms with Crippen molar-refractivity contribution in [2.75, 3.05) is 26.2 Å². The van der Waals surface area contributed by atoms with Gasteiger partial charge >= 0.3 is 0 Å². The maximum absolute atomic E-state index is 12.5. The first-order chi connectivity index (χ1) is 12.5. The Kier molecular flexibility index (Phi) is 5.90. The number of sulfonamides is 1. The zero-order valence-corrected chi connectivity index (χ0v) is 16.5. The van der Waals surface area contributed by atoms with Gasteiger partial charge in [-0.15, -0.1) is 0 Å². The number of hydrogen-bond acceptors (Lipinski definition) is 3. The molecule has 1 aliphatic rings. The van der Waals surface area contributed by atoms with Crippen molar-refractivity contribution in [1.29, 1.82) is 0 Å². The maximum Gasteiger partial charge on any atom is 0.253 e. The van der Waals surface area contributed by atoms with Gasteiger partial charge in [-0.1, -0.05) is 46.3 Å². The zero-order chi connectivity index (χ0) is 18.6. The molecular weight excluding hydrogens is 416 g/mol. The molecule has 2 aromatic carbocycles. The number of carbonyl (C=O) groups is 1. The minimum absolute atomic E-state index is 0.0747. The van der Waals surface area contributed by atoms with E-state index in [0.717, 1.165) is 10.0 Å². The van der Waals surface area contributed by atoms with Crippen LogP contribution in [0.4, 0.5) is 0 Å². The second-order valence-electron chi connectivity index (χ2n) is 5.96. The molecule has 1 fully saturated rings. The van der Waals surface area contributed by atoms with Crippen LogP contribution in [0, 0.1) is 0 Å². The van der Waals surface area contributed by atoms with Crippen LogP contribution in [0.2, 0.25) is 0 Å². The molecule has 1 aliphatic heterocycles. The van der Waals surface area contributed by atoms with Gasteiger partial charge in [0.05, 0.1) is 0 Å². The number of amides is 1.